The quantitative estimate of drug-likeness (QED) is 0.433. The number of aromatic nitrogens is 1. The highest BCUT2D eigenvalue weighted by atomic mass is 16.5. The number of carbonyl (C=O) groups excluding carboxylic acids is 2. The number of ether oxygens (including phenoxy) is 2. The van der Waals surface area contributed by atoms with Gasteiger partial charge in [-0.25, -0.2) is 0 Å². The largest absolute Gasteiger partial charge is 0.497 e. The van der Waals surface area contributed by atoms with Gasteiger partial charge in [-0.05, 0) is 69.3 Å². The summed E-state index contributed by atoms with van der Waals surface area (Å²) in [6.07, 6.45) is 3.05. The van der Waals surface area contributed by atoms with Crippen LogP contribution in [0, 0.1) is 13.8 Å². The zero-order valence-corrected chi connectivity index (χ0v) is 20.7. The van der Waals surface area contributed by atoms with Gasteiger partial charge < -0.3 is 14.4 Å². The third-order valence-electron chi connectivity index (χ3n) is 6.08. The fourth-order valence-electron chi connectivity index (χ4n) is 4.65. The molecule has 0 radical (unpaired) electrons. The Morgan fingerprint density at radius 3 is 2.52 bits per heavy atom. The van der Waals surface area contributed by atoms with Gasteiger partial charge in [-0.1, -0.05) is 19.9 Å². The standard InChI is InChI=1S/C27H34N2O4/c1-18-12-19(2)26(24(13-18)33-17-30)27(3,4)15-25(31)29-16-20(10-11-28(5)6)22-9-8-21(32-7)14-23(22)29/h8-9,12-14,16-17H,10-11,15H2,1-7H3. The molecule has 0 bridgehead atoms. The highest BCUT2D eigenvalue weighted by Gasteiger charge is 2.31. The first-order valence-electron chi connectivity index (χ1n) is 11.2. The van der Waals surface area contributed by atoms with Crippen molar-refractivity contribution in [3.05, 3.63) is 58.8 Å². The molecule has 176 valence electrons. The summed E-state index contributed by atoms with van der Waals surface area (Å²) in [5.74, 6) is 1.20. The van der Waals surface area contributed by atoms with Crippen LogP contribution in [0.15, 0.2) is 36.5 Å². The van der Waals surface area contributed by atoms with E-state index >= 15 is 0 Å². The minimum absolute atomic E-state index is 0.0219. The van der Waals surface area contributed by atoms with Crippen molar-refractivity contribution in [1.29, 1.82) is 0 Å². The predicted octanol–water partition coefficient (Wildman–Crippen LogP) is 4.91. The molecule has 0 aliphatic heterocycles. The van der Waals surface area contributed by atoms with Gasteiger partial charge in [0.05, 0.1) is 12.6 Å². The molecule has 0 saturated heterocycles. The van der Waals surface area contributed by atoms with Crippen LogP contribution in [0.4, 0.5) is 0 Å². The maximum absolute atomic E-state index is 13.6. The molecular weight excluding hydrogens is 416 g/mol. The molecule has 3 aromatic rings. The van der Waals surface area contributed by atoms with Gasteiger partial charge >= 0.3 is 0 Å². The Bertz CT molecular complexity index is 1170. The second kappa shape index (κ2) is 9.79. The number of nitrogens with zero attached hydrogens (tertiary/aromatic N) is 2. The Morgan fingerprint density at radius 1 is 1.15 bits per heavy atom. The van der Waals surface area contributed by atoms with Gasteiger partial charge in [-0.2, -0.15) is 0 Å². The van der Waals surface area contributed by atoms with Crippen molar-refractivity contribution in [2.45, 2.75) is 46.0 Å². The van der Waals surface area contributed by atoms with E-state index in [1.54, 1.807) is 11.7 Å². The molecule has 1 aromatic heterocycles. The summed E-state index contributed by atoms with van der Waals surface area (Å²) in [6, 6.07) is 9.76. The molecule has 0 unspecified atom stereocenters. The number of benzene rings is 2. The van der Waals surface area contributed by atoms with Crippen molar-refractivity contribution in [1.82, 2.24) is 9.47 Å². The van der Waals surface area contributed by atoms with E-state index < -0.39 is 5.41 Å². The minimum atomic E-state index is -0.549. The van der Waals surface area contributed by atoms with Gasteiger partial charge in [0.1, 0.15) is 11.5 Å². The first-order valence-corrected chi connectivity index (χ1v) is 11.2. The molecule has 0 atom stereocenters. The number of rotatable bonds is 9. The molecule has 2 aromatic carbocycles. The number of hydrogen-bond donors (Lipinski definition) is 0. The lowest BCUT2D eigenvalue weighted by Gasteiger charge is -2.28. The molecule has 1 heterocycles. The molecule has 3 rings (SSSR count). The summed E-state index contributed by atoms with van der Waals surface area (Å²) in [7, 11) is 5.71. The Labute approximate surface area is 196 Å². The Balaban J connectivity index is 2.03. The van der Waals surface area contributed by atoms with Gasteiger partial charge in [-0.3, -0.25) is 14.2 Å². The summed E-state index contributed by atoms with van der Waals surface area (Å²) in [5, 5.41) is 1.06. The minimum Gasteiger partial charge on any atom is -0.497 e. The third-order valence-corrected chi connectivity index (χ3v) is 6.08. The zero-order valence-electron chi connectivity index (χ0n) is 20.7. The monoisotopic (exact) mass is 450 g/mol. The van der Waals surface area contributed by atoms with Crippen LogP contribution < -0.4 is 9.47 Å². The van der Waals surface area contributed by atoms with Gasteiger partial charge in [0.15, 0.2) is 0 Å². The van der Waals surface area contributed by atoms with Crippen LogP contribution in [0.3, 0.4) is 0 Å². The number of carbonyl (C=O) groups is 2. The van der Waals surface area contributed by atoms with Crippen LogP contribution in [-0.2, 0) is 16.6 Å². The van der Waals surface area contributed by atoms with Crippen molar-refractivity contribution in [2.24, 2.45) is 0 Å². The third kappa shape index (κ3) is 5.28. The molecule has 6 heteroatoms. The summed E-state index contributed by atoms with van der Waals surface area (Å²) in [5.41, 5.74) is 4.29. The summed E-state index contributed by atoms with van der Waals surface area (Å²) >= 11 is 0. The lowest BCUT2D eigenvalue weighted by atomic mass is 9.78. The van der Waals surface area contributed by atoms with Crippen molar-refractivity contribution < 1.29 is 19.1 Å². The number of aryl methyl sites for hydroxylation is 2. The first-order chi connectivity index (χ1) is 15.6. The molecule has 0 aliphatic carbocycles. The van der Waals surface area contributed by atoms with Crippen molar-refractivity contribution >= 4 is 23.3 Å². The molecule has 6 nitrogen and oxygen atoms in total. The lowest BCUT2D eigenvalue weighted by molar-refractivity contribution is -0.120. The molecule has 0 amide bonds. The van der Waals surface area contributed by atoms with Crippen LogP contribution in [0.1, 0.15) is 47.3 Å². The van der Waals surface area contributed by atoms with Crippen LogP contribution in [0.2, 0.25) is 0 Å². The normalized spacial score (nSPS) is 11.8. The fraction of sp³-hybridized carbons (Fsp3) is 0.407. The van der Waals surface area contributed by atoms with E-state index in [0.717, 1.165) is 46.1 Å². The average Bonchev–Trinajstić information content (AvgIpc) is 3.09. The molecule has 0 N–H and O–H groups in total. The van der Waals surface area contributed by atoms with E-state index in [1.807, 2.05) is 72.3 Å². The molecule has 0 saturated carbocycles. The maximum atomic E-state index is 13.6. The van der Waals surface area contributed by atoms with E-state index in [-0.39, 0.29) is 12.3 Å². The summed E-state index contributed by atoms with van der Waals surface area (Å²) in [4.78, 5) is 26.9. The molecule has 33 heavy (non-hydrogen) atoms. The Kier molecular flexibility index (Phi) is 7.28. The molecule has 0 fully saturated rings. The van der Waals surface area contributed by atoms with Gasteiger partial charge in [-0.15, -0.1) is 0 Å². The smallest absolute Gasteiger partial charge is 0.298 e. The molecular formula is C27H34N2O4. The second-order valence-corrected chi connectivity index (χ2v) is 9.58. The fourth-order valence-corrected chi connectivity index (χ4v) is 4.65. The van der Waals surface area contributed by atoms with Gasteiger partial charge in [0.2, 0.25) is 5.91 Å². The average molecular weight is 451 g/mol. The van der Waals surface area contributed by atoms with Crippen LogP contribution in [-0.4, -0.2) is 49.6 Å². The van der Waals surface area contributed by atoms with E-state index in [4.69, 9.17) is 9.47 Å². The molecule has 0 aliphatic rings. The lowest BCUT2D eigenvalue weighted by Crippen LogP contribution is -2.26. The van der Waals surface area contributed by atoms with Crippen molar-refractivity contribution in [3.63, 3.8) is 0 Å². The highest BCUT2D eigenvalue weighted by molar-refractivity contribution is 5.95. The highest BCUT2D eigenvalue weighted by Crippen LogP contribution is 2.38. The number of methoxy groups -OCH3 is 1. The van der Waals surface area contributed by atoms with Gasteiger partial charge in [0, 0.05) is 41.6 Å². The first kappa shape index (κ1) is 24.5. The number of likely N-dealkylation sites (N-methyl/N-ethyl adjacent to an activating group) is 1. The van der Waals surface area contributed by atoms with Crippen LogP contribution in [0.5, 0.6) is 11.5 Å². The van der Waals surface area contributed by atoms with E-state index in [9.17, 15) is 9.59 Å². The van der Waals surface area contributed by atoms with E-state index in [0.29, 0.717) is 18.0 Å². The summed E-state index contributed by atoms with van der Waals surface area (Å²) in [6.45, 7) is 9.31. The Hall–Kier alpha value is -3.12. The Morgan fingerprint density at radius 2 is 1.88 bits per heavy atom. The van der Waals surface area contributed by atoms with Crippen LogP contribution in [0.25, 0.3) is 10.9 Å². The topological polar surface area (TPSA) is 60.8 Å². The predicted molar refractivity (Wildman–Crippen MR) is 132 cm³/mol. The van der Waals surface area contributed by atoms with Gasteiger partial charge in [0.25, 0.3) is 6.47 Å². The SMILES string of the molecule is COc1ccc2c(CCN(C)C)cn(C(=O)CC(C)(C)c3c(C)cc(C)cc3OC=O)c2c1. The van der Waals surface area contributed by atoms with Crippen LogP contribution >= 0.6 is 0 Å². The summed E-state index contributed by atoms with van der Waals surface area (Å²) < 4.78 is 12.5. The zero-order chi connectivity index (χ0) is 24.3. The van der Waals surface area contributed by atoms with Crippen molar-refractivity contribution in [2.75, 3.05) is 27.7 Å². The second-order valence-electron chi connectivity index (χ2n) is 9.58. The molecule has 0 spiro atoms. The van der Waals surface area contributed by atoms with E-state index in [2.05, 4.69) is 11.0 Å². The number of fused-ring (bicyclic) bond motifs is 1. The maximum Gasteiger partial charge on any atom is 0.298 e. The van der Waals surface area contributed by atoms with E-state index in [1.165, 1.54) is 0 Å². The van der Waals surface area contributed by atoms with Crippen molar-refractivity contribution in [3.8, 4) is 11.5 Å². The number of hydrogen-bond acceptors (Lipinski definition) is 5.